The van der Waals surface area contributed by atoms with Crippen LogP contribution in [0.2, 0.25) is 0 Å². The van der Waals surface area contributed by atoms with Crippen molar-refractivity contribution in [1.82, 2.24) is 5.32 Å². The second kappa shape index (κ2) is 5.26. The van der Waals surface area contributed by atoms with E-state index in [0.717, 1.165) is 5.56 Å². The lowest BCUT2D eigenvalue weighted by atomic mass is 10.1. The molecule has 1 N–H and O–H groups in total. The summed E-state index contributed by atoms with van der Waals surface area (Å²) in [5.41, 5.74) is 2.05. The van der Waals surface area contributed by atoms with Crippen LogP contribution in [0, 0.1) is 0 Å². The van der Waals surface area contributed by atoms with Crippen LogP contribution in [0.25, 0.3) is 0 Å². The Morgan fingerprint density at radius 2 is 2.00 bits per heavy atom. The highest BCUT2D eigenvalue weighted by Gasteiger charge is 2.39. The van der Waals surface area contributed by atoms with Crippen molar-refractivity contribution >= 4 is 0 Å². The van der Waals surface area contributed by atoms with E-state index in [1.54, 1.807) is 6.07 Å². The van der Waals surface area contributed by atoms with Gasteiger partial charge in [-0.3, -0.25) is 0 Å². The minimum Gasteiger partial charge on any atom is -0.307 e. The van der Waals surface area contributed by atoms with E-state index in [1.807, 2.05) is 18.2 Å². The summed E-state index contributed by atoms with van der Waals surface area (Å²) in [6.45, 7) is -0.818. The molecule has 1 saturated carbocycles. The van der Waals surface area contributed by atoms with Gasteiger partial charge in [-0.05, 0) is 29.9 Å². The highest BCUT2D eigenvalue weighted by Crippen LogP contribution is 2.40. The first-order chi connectivity index (χ1) is 8.49. The number of hydrogen-bond acceptors (Lipinski definition) is 1. The Balaban J connectivity index is 1.84. The van der Waals surface area contributed by atoms with Crippen molar-refractivity contribution in [3.8, 4) is 0 Å². The van der Waals surface area contributed by atoms with Gasteiger partial charge in [-0.15, -0.1) is 0 Å². The quantitative estimate of drug-likeness (QED) is 0.772. The SMILES string of the molecule is FC(F)C(F)(F)CNCc1cccc(C2CC2)c1. The number of benzene rings is 1. The maximum absolute atomic E-state index is 12.7. The van der Waals surface area contributed by atoms with Crippen LogP contribution < -0.4 is 5.32 Å². The van der Waals surface area contributed by atoms with Gasteiger partial charge in [0.2, 0.25) is 0 Å². The maximum atomic E-state index is 12.7. The molecule has 1 aromatic carbocycles. The molecule has 0 atom stereocenters. The maximum Gasteiger partial charge on any atom is 0.319 e. The second-order valence-corrected chi connectivity index (χ2v) is 4.68. The average molecular weight is 261 g/mol. The molecule has 1 aliphatic rings. The van der Waals surface area contributed by atoms with Gasteiger partial charge in [0.05, 0.1) is 6.54 Å². The van der Waals surface area contributed by atoms with E-state index in [1.165, 1.54) is 18.4 Å². The van der Waals surface area contributed by atoms with E-state index in [4.69, 9.17) is 0 Å². The Kier molecular flexibility index (Phi) is 3.90. The predicted molar refractivity (Wildman–Crippen MR) is 61.1 cm³/mol. The number of hydrogen-bond donors (Lipinski definition) is 1. The third kappa shape index (κ3) is 3.45. The summed E-state index contributed by atoms with van der Waals surface area (Å²) in [5, 5.41) is 2.38. The first-order valence-electron chi connectivity index (χ1n) is 5.94. The Hall–Kier alpha value is -1.10. The van der Waals surface area contributed by atoms with Crippen LogP contribution >= 0.6 is 0 Å². The molecule has 0 heterocycles. The monoisotopic (exact) mass is 261 g/mol. The summed E-state index contributed by atoms with van der Waals surface area (Å²) in [7, 11) is 0. The van der Waals surface area contributed by atoms with Gasteiger partial charge in [0, 0.05) is 6.54 Å². The Morgan fingerprint density at radius 3 is 2.61 bits per heavy atom. The number of halogens is 4. The van der Waals surface area contributed by atoms with E-state index >= 15 is 0 Å². The van der Waals surface area contributed by atoms with Crippen molar-refractivity contribution in [1.29, 1.82) is 0 Å². The summed E-state index contributed by atoms with van der Waals surface area (Å²) in [6.07, 6.45) is -1.29. The highest BCUT2D eigenvalue weighted by molar-refractivity contribution is 5.29. The largest absolute Gasteiger partial charge is 0.319 e. The lowest BCUT2D eigenvalue weighted by Gasteiger charge is -2.15. The average Bonchev–Trinajstić information content (AvgIpc) is 3.13. The van der Waals surface area contributed by atoms with Crippen LogP contribution in [-0.4, -0.2) is 18.9 Å². The van der Waals surface area contributed by atoms with Gasteiger partial charge in [0.15, 0.2) is 0 Å². The van der Waals surface area contributed by atoms with Crippen molar-refractivity contribution in [2.45, 2.75) is 37.7 Å². The van der Waals surface area contributed by atoms with Gasteiger partial charge in [-0.1, -0.05) is 24.3 Å². The molecule has 0 saturated heterocycles. The van der Waals surface area contributed by atoms with Gasteiger partial charge in [-0.2, -0.15) is 8.78 Å². The Bertz CT molecular complexity index is 402. The lowest BCUT2D eigenvalue weighted by Crippen LogP contribution is -2.38. The zero-order valence-corrected chi connectivity index (χ0v) is 9.80. The molecule has 1 nitrogen and oxygen atoms in total. The van der Waals surface area contributed by atoms with Crippen LogP contribution in [0.1, 0.15) is 29.9 Å². The van der Waals surface area contributed by atoms with E-state index in [0.29, 0.717) is 5.92 Å². The fraction of sp³-hybridized carbons (Fsp3) is 0.538. The highest BCUT2D eigenvalue weighted by atomic mass is 19.3. The van der Waals surface area contributed by atoms with E-state index in [2.05, 4.69) is 5.32 Å². The molecule has 0 radical (unpaired) electrons. The van der Waals surface area contributed by atoms with Crippen molar-refractivity contribution in [3.63, 3.8) is 0 Å². The molecule has 1 aromatic rings. The Morgan fingerprint density at radius 1 is 1.28 bits per heavy atom. The third-order valence-electron chi connectivity index (χ3n) is 3.01. The van der Waals surface area contributed by atoms with Crippen molar-refractivity contribution in [3.05, 3.63) is 35.4 Å². The van der Waals surface area contributed by atoms with Gasteiger partial charge >= 0.3 is 12.3 Å². The van der Waals surface area contributed by atoms with E-state index < -0.39 is 18.9 Å². The molecular weight excluding hydrogens is 246 g/mol. The normalized spacial score (nSPS) is 16.3. The molecule has 18 heavy (non-hydrogen) atoms. The molecule has 0 bridgehead atoms. The number of rotatable bonds is 6. The van der Waals surface area contributed by atoms with Crippen molar-refractivity contribution in [2.75, 3.05) is 6.54 Å². The third-order valence-corrected chi connectivity index (χ3v) is 3.01. The van der Waals surface area contributed by atoms with Crippen molar-refractivity contribution < 1.29 is 17.6 Å². The second-order valence-electron chi connectivity index (χ2n) is 4.68. The topological polar surface area (TPSA) is 12.0 Å². The molecule has 0 aliphatic heterocycles. The molecule has 100 valence electrons. The summed E-state index contributed by atoms with van der Waals surface area (Å²) in [6, 6.07) is 7.63. The summed E-state index contributed by atoms with van der Waals surface area (Å²) in [4.78, 5) is 0. The van der Waals surface area contributed by atoms with Gasteiger partial charge in [0.25, 0.3) is 0 Å². The van der Waals surface area contributed by atoms with Crippen molar-refractivity contribution in [2.24, 2.45) is 0 Å². The lowest BCUT2D eigenvalue weighted by molar-refractivity contribution is -0.125. The molecule has 2 rings (SSSR count). The zero-order valence-electron chi connectivity index (χ0n) is 9.80. The first kappa shape index (κ1) is 13.3. The smallest absolute Gasteiger partial charge is 0.307 e. The molecule has 5 heteroatoms. The number of alkyl halides is 4. The van der Waals surface area contributed by atoms with Gasteiger partial charge < -0.3 is 5.32 Å². The van der Waals surface area contributed by atoms with E-state index in [9.17, 15) is 17.6 Å². The fourth-order valence-electron chi connectivity index (χ4n) is 1.82. The molecule has 0 unspecified atom stereocenters. The number of nitrogens with one attached hydrogen (secondary N) is 1. The predicted octanol–water partition coefficient (Wildman–Crippen LogP) is 3.55. The Labute approximate surface area is 103 Å². The van der Waals surface area contributed by atoms with Crippen LogP contribution in [0.3, 0.4) is 0 Å². The molecule has 1 aliphatic carbocycles. The minimum atomic E-state index is -3.96. The van der Waals surface area contributed by atoms with Crippen LogP contribution in [0.5, 0.6) is 0 Å². The summed E-state index contributed by atoms with van der Waals surface area (Å²) >= 11 is 0. The molecule has 0 aromatic heterocycles. The molecular formula is C13H15F4N. The van der Waals surface area contributed by atoms with Gasteiger partial charge in [-0.25, -0.2) is 8.78 Å². The van der Waals surface area contributed by atoms with Crippen LogP contribution in [-0.2, 0) is 6.54 Å². The molecule has 0 spiro atoms. The minimum absolute atomic E-state index is 0.183. The summed E-state index contributed by atoms with van der Waals surface area (Å²) < 4.78 is 49.2. The molecule has 0 amide bonds. The van der Waals surface area contributed by atoms with E-state index in [-0.39, 0.29) is 6.54 Å². The van der Waals surface area contributed by atoms with Crippen LogP contribution in [0.4, 0.5) is 17.6 Å². The standard InChI is InChI=1S/C13H15F4N/c14-12(15)13(16,17)8-18-7-9-2-1-3-11(6-9)10-4-5-10/h1-3,6,10,12,18H,4-5,7-8H2. The van der Waals surface area contributed by atoms with Crippen LogP contribution in [0.15, 0.2) is 24.3 Å². The first-order valence-corrected chi connectivity index (χ1v) is 5.94. The summed E-state index contributed by atoms with van der Waals surface area (Å²) in [5.74, 6) is -3.37. The van der Waals surface area contributed by atoms with Gasteiger partial charge in [0.1, 0.15) is 0 Å². The zero-order chi connectivity index (χ0) is 13.2. The molecule has 1 fully saturated rings. The fourth-order valence-corrected chi connectivity index (χ4v) is 1.82.